The normalized spacial score (nSPS) is 10.5. The molecule has 0 N–H and O–H groups in total. The van der Waals surface area contributed by atoms with Crippen LogP contribution in [0.1, 0.15) is 21.5 Å². The molecule has 3 rings (SSSR count). The minimum atomic E-state index is 0.582. The molecule has 3 aromatic rings. The summed E-state index contributed by atoms with van der Waals surface area (Å²) in [5.74, 6) is 0. The molecule has 4 heteroatoms. The summed E-state index contributed by atoms with van der Waals surface area (Å²) in [5.41, 5.74) is 4.31. The molecule has 2 aromatic heterocycles. The summed E-state index contributed by atoms with van der Waals surface area (Å²) in [7, 11) is 0. The number of benzene rings is 1. The van der Waals surface area contributed by atoms with Crippen molar-refractivity contribution in [3.8, 4) is 11.3 Å². The Kier molecular flexibility index (Phi) is 3.60. The molecule has 0 fully saturated rings. The lowest BCUT2D eigenvalue weighted by atomic mass is 10.1. The number of aryl methyl sites for hydroxylation is 1. The van der Waals surface area contributed by atoms with Crippen molar-refractivity contribution in [3.63, 3.8) is 0 Å². The first kappa shape index (κ1) is 13.2. The van der Waals surface area contributed by atoms with Gasteiger partial charge in [-0.25, -0.2) is 0 Å². The Bertz CT molecular complexity index is 763. The first-order valence-corrected chi connectivity index (χ1v) is 6.75. The van der Waals surface area contributed by atoms with Crippen molar-refractivity contribution in [2.24, 2.45) is 0 Å². The molecule has 0 unspecified atom stereocenters. The highest BCUT2D eigenvalue weighted by molar-refractivity contribution is 5.85. The summed E-state index contributed by atoms with van der Waals surface area (Å²) in [6, 6.07) is 12.0. The summed E-state index contributed by atoms with van der Waals surface area (Å²) < 4.78 is 1.79. The number of carbonyl (C=O) groups is 1. The molecule has 1 aromatic carbocycles. The van der Waals surface area contributed by atoms with Gasteiger partial charge in [-0.05, 0) is 24.1 Å². The molecule has 0 aliphatic rings. The average Bonchev–Trinajstić information content (AvgIpc) is 2.91. The van der Waals surface area contributed by atoms with Crippen LogP contribution in [-0.4, -0.2) is 21.1 Å². The SMILES string of the molecule is Cc1cncc(-c2nn(Cc3ccccc3)cc2C=O)c1. The van der Waals surface area contributed by atoms with Gasteiger partial charge in [0.15, 0.2) is 6.29 Å². The number of hydrogen-bond acceptors (Lipinski definition) is 3. The number of nitrogens with zero attached hydrogens (tertiary/aromatic N) is 3. The number of aldehydes is 1. The second-order valence-electron chi connectivity index (χ2n) is 4.99. The molecule has 0 amide bonds. The molecule has 2 heterocycles. The summed E-state index contributed by atoms with van der Waals surface area (Å²) >= 11 is 0. The lowest BCUT2D eigenvalue weighted by molar-refractivity contribution is 0.112. The monoisotopic (exact) mass is 277 g/mol. The maximum Gasteiger partial charge on any atom is 0.153 e. The van der Waals surface area contributed by atoms with Gasteiger partial charge in [-0.2, -0.15) is 5.10 Å². The van der Waals surface area contributed by atoms with E-state index >= 15 is 0 Å². The number of rotatable bonds is 4. The minimum Gasteiger partial charge on any atom is -0.298 e. The molecular formula is C17H15N3O. The number of aromatic nitrogens is 3. The highest BCUT2D eigenvalue weighted by Gasteiger charge is 2.11. The van der Waals surface area contributed by atoms with E-state index in [1.807, 2.05) is 43.3 Å². The van der Waals surface area contributed by atoms with Gasteiger partial charge in [0.05, 0.1) is 12.1 Å². The van der Waals surface area contributed by atoms with Crippen LogP contribution in [0.25, 0.3) is 11.3 Å². The second-order valence-corrected chi connectivity index (χ2v) is 4.99. The molecule has 104 valence electrons. The fourth-order valence-corrected chi connectivity index (χ4v) is 2.28. The molecule has 0 atom stereocenters. The molecule has 21 heavy (non-hydrogen) atoms. The third-order valence-electron chi connectivity index (χ3n) is 3.25. The fraction of sp³-hybridized carbons (Fsp3) is 0.118. The topological polar surface area (TPSA) is 47.8 Å². The van der Waals surface area contributed by atoms with E-state index in [1.54, 1.807) is 23.3 Å². The van der Waals surface area contributed by atoms with Gasteiger partial charge >= 0.3 is 0 Å². The smallest absolute Gasteiger partial charge is 0.153 e. The molecule has 0 saturated heterocycles. The quantitative estimate of drug-likeness (QED) is 0.688. The van der Waals surface area contributed by atoms with Crippen molar-refractivity contribution < 1.29 is 4.79 Å². The summed E-state index contributed by atoms with van der Waals surface area (Å²) in [6.45, 7) is 2.61. The average molecular weight is 277 g/mol. The van der Waals surface area contributed by atoms with Crippen molar-refractivity contribution in [2.75, 3.05) is 0 Å². The predicted molar refractivity (Wildman–Crippen MR) is 81.1 cm³/mol. The Morgan fingerprint density at radius 3 is 2.71 bits per heavy atom. The molecule has 0 saturated carbocycles. The lowest BCUT2D eigenvalue weighted by Gasteiger charge is -2.01. The van der Waals surface area contributed by atoms with E-state index < -0.39 is 0 Å². The Balaban J connectivity index is 1.97. The zero-order chi connectivity index (χ0) is 14.7. The number of hydrogen-bond donors (Lipinski definition) is 0. The summed E-state index contributed by atoms with van der Waals surface area (Å²) in [4.78, 5) is 15.4. The van der Waals surface area contributed by atoms with E-state index in [-0.39, 0.29) is 0 Å². The Labute approximate surface area is 123 Å². The van der Waals surface area contributed by atoms with Crippen LogP contribution in [0.5, 0.6) is 0 Å². The number of pyridine rings is 1. The van der Waals surface area contributed by atoms with E-state index in [0.717, 1.165) is 23.0 Å². The van der Waals surface area contributed by atoms with E-state index in [9.17, 15) is 4.79 Å². The fourth-order valence-electron chi connectivity index (χ4n) is 2.28. The van der Waals surface area contributed by atoms with Gasteiger partial charge < -0.3 is 0 Å². The molecule has 0 spiro atoms. The Morgan fingerprint density at radius 2 is 2.00 bits per heavy atom. The van der Waals surface area contributed by atoms with Gasteiger partial charge in [-0.1, -0.05) is 30.3 Å². The second kappa shape index (κ2) is 5.71. The van der Waals surface area contributed by atoms with Crippen LogP contribution >= 0.6 is 0 Å². The van der Waals surface area contributed by atoms with Crippen molar-refractivity contribution in [1.82, 2.24) is 14.8 Å². The molecule has 0 radical (unpaired) electrons. The van der Waals surface area contributed by atoms with Gasteiger partial charge in [0.2, 0.25) is 0 Å². The number of carbonyl (C=O) groups excluding carboxylic acids is 1. The molecule has 4 nitrogen and oxygen atoms in total. The molecule has 0 aliphatic heterocycles. The summed E-state index contributed by atoms with van der Waals surface area (Å²) in [6.07, 6.45) is 6.13. The molecule has 0 bridgehead atoms. The van der Waals surface area contributed by atoms with E-state index in [0.29, 0.717) is 17.8 Å². The standard InChI is InChI=1S/C17H15N3O/c1-13-7-15(9-18-8-13)17-16(12-21)11-20(19-17)10-14-5-3-2-4-6-14/h2-9,11-12H,10H2,1H3. The third kappa shape index (κ3) is 2.89. The van der Waals surface area contributed by atoms with Crippen LogP contribution < -0.4 is 0 Å². The van der Waals surface area contributed by atoms with E-state index in [4.69, 9.17) is 0 Å². The minimum absolute atomic E-state index is 0.582. The third-order valence-corrected chi connectivity index (χ3v) is 3.25. The highest BCUT2D eigenvalue weighted by atomic mass is 16.1. The van der Waals surface area contributed by atoms with E-state index in [1.165, 1.54) is 0 Å². The van der Waals surface area contributed by atoms with Crippen LogP contribution in [0.3, 0.4) is 0 Å². The van der Waals surface area contributed by atoms with Crippen LogP contribution in [0, 0.1) is 6.92 Å². The van der Waals surface area contributed by atoms with Gasteiger partial charge in [-0.15, -0.1) is 0 Å². The largest absolute Gasteiger partial charge is 0.298 e. The zero-order valence-corrected chi connectivity index (χ0v) is 11.7. The molecular weight excluding hydrogens is 262 g/mol. The first-order valence-electron chi connectivity index (χ1n) is 6.75. The van der Waals surface area contributed by atoms with Crippen molar-refractivity contribution >= 4 is 6.29 Å². The van der Waals surface area contributed by atoms with Crippen LogP contribution in [-0.2, 0) is 6.54 Å². The first-order chi connectivity index (χ1) is 10.3. The lowest BCUT2D eigenvalue weighted by Crippen LogP contribution is -2.00. The van der Waals surface area contributed by atoms with Crippen molar-refractivity contribution in [3.05, 3.63) is 71.7 Å². The Morgan fingerprint density at radius 1 is 1.19 bits per heavy atom. The van der Waals surface area contributed by atoms with E-state index in [2.05, 4.69) is 10.1 Å². The van der Waals surface area contributed by atoms with Crippen LogP contribution in [0.15, 0.2) is 55.0 Å². The maximum absolute atomic E-state index is 11.3. The van der Waals surface area contributed by atoms with Crippen LogP contribution in [0.4, 0.5) is 0 Å². The Hall–Kier alpha value is -2.75. The van der Waals surface area contributed by atoms with Gasteiger partial charge in [0.1, 0.15) is 5.69 Å². The van der Waals surface area contributed by atoms with Crippen molar-refractivity contribution in [1.29, 1.82) is 0 Å². The summed E-state index contributed by atoms with van der Waals surface area (Å²) in [5, 5.41) is 4.53. The molecule has 0 aliphatic carbocycles. The van der Waals surface area contributed by atoms with Crippen molar-refractivity contribution in [2.45, 2.75) is 13.5 Å². The van der Waals surface area contributed by atoms with Gasteiger partial charge in [-0.3, -0.25) is 14.5 Å². The van der Waals surface area contributed by atoms with Crippen LogP contribution in [0.2, 0.25) is 0 Å². The van der Waals surface area contributed by atoms with Gasteiger partial charge in [0, 0.05) is 24.2 Å². The highest BCUT2D eigenvalue weighted by Crippen LogP contribution is 2.21. The predicted octanol–water partition coefficient (Wildman–Crippen LogP) is 3.11. The van der Waals surface area contributed by atoms with Gasteiger partial charge in [0.25, 0.3) is 0 Å². The zero-order valence-electron chi connectivity index (χ0n) is 11.7. The maximum atomic E-state index is 11.3.